The molecule has 9 nitrogen and oxygen atoms in total. The average Bonchev–Trinajstić information content (AvgIpc) is 3.52. The first-order chi connectivity index (χ1) is 17.8. The number of benzene rings is 3. The van der Waals surface area contributed by atoms with E-state index in [1.807, 2.05) is 19.9 Å². The second-order valence-corrected chi connectivity index (χ2v) is 8.56. The van der Waals surface area contributed by atoms with Gasteiger partial charge in [-0.1, -0.05) is 12.1 Å². The third kappa shape index (κ3) is 4.62. The Bertz CT molecular complexity index is 1630. The standard InChI is InChI=1S/C28H24N4O5/c1-15-12-20(23(33)13-16(15)2)21-14-22(32-31-21)27(34)30-25-19-6-4-5-7-24(19)37-26(25)28(35)29-17-8-10-18(36-3)11-9-17/h4-14,33H,1-3H3,(H,29,35)(H,30,34)(H,31,32). The molecule has 5 rings (SSSR count). The summed E-state index contributed by atoms with van der Waals surface area (Å²) < 4.78 is 11.0. The molecule has 37 heavy (non-hydrogen) atoms. The predicted octanol–water partition coefficient (Wildman–Crippen LogP) is 5.66. The first-order valence-electron chi connectivity index (χ1n) is 11.5. The number of phenolic OH excluding ortho intramolecular Hbond substituents is 1. The summed E-state index contributed by atoms with van der Waals surface area (Å²) in [6.07, 6.45) is 0. The molecule has 0 fully saturated rings. The van der Waals surface area contributed by atoms with Crippen LogP contribution in [0.2, 0.25) is 0 Å². The van der Waals surface area contributed by atoms with Crippen molar-refractivity contribution in [3.05, 3.63) is 89.3 Å². The summed E-state index contributed by atoms with van der Waals surface area (Å²) in [6.45, 7) is 3.83. The first kappa shape index (κ1) is 23.7. The Kier molecular flexibility index (Phi) is 6.10. The summed E-state index contributed by atoms with van der Waals surface area (Å²) in [6, 6.07) is 18.9. The summed E-state index contributed by atoms with van der Waals surface area (Å²) in [5.41, 5.74) is 4.22. The number of para-hydroxylation sites is 1. The van der Waals surface area contributed by atoms with E-state index in [0.717, 1.165) is 11.1 Å². The van der Waals surface area contributed by atoms with Crippen molar-refractivity contribution in [3.63, 3.8) is 0 Å². The van der Waals surface area contributed by atoms with Gasteiger partial charge in [-0.05, 0) is 79.6 Å². The monoisotopic (exact) mass is 496 g/mol. The van der Waals surface area contributed by atoms with Gasteiger partial charge < -0.3 is 24.9 Å². The number of aryl methyl sites for hydroxylation is 2. The maximum absolute atomic E-state index is 13.2. The van der Waals surface area contributed by atoms with Crippen molar-refractivity contribution >= 4 is 34.2 Å². The number of methoxy groups -OCH3 is 1. The van der Waals surface area contributed by atoms with Crippen LogP contribution in [0, 0.1) is 13.8 Å². The molecule has 3 aromatic carbocycles. The van der Waals surface area contributed by atoms with Gasteiger partial charge in [0.1, 0.15) is 28.5 Å². The van der Waals surface area contributed by atoms with Gasteiger partial charge in [0.05, 0.1) is 12.8 Å². The maximum atomic E-state index is 13.2. The fourth-order valence-corrected chi connectivity index (χ4v) is 3.95. The van der Waals surface area contributed by atoms with Crippen LogP contribution in [0.15, 0.2) is 71.1 Å². The Labute approximate surface area is 212 Å². The maximum Gasteiger partial charge on any atom is 0.293 e. The zero-order valence-electron chi connectivity index (χ0n) is 20.4. The molecule has 0 unspecified atom stereocenters. The Balaban J connectivity index is 1.44. The minimum atomic E-state index is -0.526. The van der Waals surface area contributed by atoms with Crippen molar-refractivity contribution in [1.29, 1.82) is 0 Å². The van der Waals surface area contributed by atoms with E-state index in [1.54, 1.807) is 67.8 Å². The Morgan fingerprint density at radius 2 is 1.68 bits per heavy atom. The number of hydrogen-bond acceptors (Lipinski definition) is 6. The number of anilines is 2. The normalized spacial score (nSPS) is 10.9. The number of phenols is 1. The van der Waals surface area contributed by atoms with Crippen LogP contribution in [0.1, 0.15) is 32.2 Å². The minimum absolute atomic E-state index is 0.0445. The highest BCUT2D eigenvalue weighted by atomic mass is 16.5. The number of rotatable bonds is 6. The number of carbonyl (C=O) groups is 2. The van der Waals surface area contributed by atoms with Gasteiger partial charge in [0.15, 0.2) is 0 Å². The van der Waals surface area contributed by atoms with E-state index >= 15 is 0 Å². The Morgan fingerprint density at radius 1 is 0.946 bits per heavy atom. The number of H-pyrrole nitrogens is 1. The van der Waals surface area contributed by atoms with Gasteiger partial charge in [0.2, 0.25) is 5.76 Å². The van der Waals surface area contributed by atoms with E-state index in [-0.39, 0.29) is 22.9 Å². The number of nitrogens with zero attached hydrogens (tertiary/aromatic N) is 1. The molecular formula is C28H24N4O5. The quantitative estimate of drug-likeness (QED) is 0.240. The Morgan fingerprint density at radius 3 is 2.43 bits per heavy atom. The van der Waals surface area contributed by atoms with Gasteiger partial charge in [-0.2, -0.15) is 5.10 Å². The van der Waals surface area contributed by atoms with Crippen LogP contribution in [0.4, 0.5) is 11.4 Å². The summed E-state index contributed by atoms with van der Waals surface area (Å²) in [4.78, 5) is 26.3. The van der Waals surface area contributed by atoms with Gasteiger partial charge in [0.25, 0.3) is 11.8 Å². The highest BCUT2D eigenvalue weighted by Crippen LogP contribution is 2.33. The summed E-state index contributed by atoms with van der Waals surface area (Å²) >= 11 is 0. The zero-order chi connectivity index (χ0) is 26.1. The van der Waals surface area contributed by atoms with E-state index in [1.165, 1.54) is 0 Å². The number of aromatic nitrogens is 2. The molecule has 5 aromatic rings. The van der Waals surface area contributed by atoms with Crippen LogP contribution in [0.5, 0.6) is 11.5 Å². The molecule has 4 N–H and O–H groups in total. The molecule has 2 heterocycles. The van der Waals surface area contributed by atoms with Gasteiger partial charge in [0, 0.05) is 16.6 Å². The Hall–Kier alpha value is -5.05. The number of furan rings is 1. The molecule has 2 aromatic heterocycles. The van der Waals surface area contributed by atoms with E-state index in [9.17, 15) is 14.7 Å². The van der Waals surface area contributed by atoms with E-state index in [4.69, 9.17) is 9.15 Å². The van der Waals surface area contributed by atoms with E-state index in [2.05, 4.69) is 20.8 Å². The van der Waals surface area contributed by atoms with Crippen molar-refractivity contribution in [2.45, 2.75) is 13.8 Å². The average molecular weight is 497 g/mol. The summed E-state index contributed by atoms with van der Waals surface area (Å²) in [5.74, 6) is -0.367. The molecular weight excluding hydrogens is 472 g/mol. The molecule has 0 saturated carbocycles. The molecule has 0 saturated heterocycles. The largest absolute Gasteiger partial charge is 0.507 e. The number of amides is 2. The number of ether oxygens (including phenoxy) is 1. The molecule has 0 bridgehead atoms. The SMILES string of the molecule is COc1ccc(NC(=O)c2oc3ccccc3c2NC(=O)c2cc(-c3cc(C)c(C)cc3O)n[nH]2)cc1. The highest BCUT2D eigenvalue weighted by Gasteiger charge is 2.24. The number of fused-ring (bicyclic) bond motifs is 1. The molecule has 0 aliphatic carbocycles. The lowest BCUT2D eigenvalue weighted by Crippen LogP contribution is -2.17. The predicted molar refractivity (Wildman–Crippen MR) is 140 cm³/mol. The van der Waals surface area contributed by atoms with Crippen LogP contribution < -0.4 is 15.4 Å². The van der Waals surface area contributed by atoms with Crippen molar-refractivity contribution in [2.75, 3.05) is 17.7 Å². The van der Waals surface area contributed by atoms with Crippen molar-refractivity contribution < 1.29 is 23.8 Å². The fourth-order valence-electron chi connectivity index (χ4n) is 3.95. The van der Waals surface area contributed by atoms with Crippen LogP contribution in [0.25, 0.3) is 22.2 Å². The minimum Gasteiger partial charge on any atom is -0.507 e. The molecule has 0 aliphatic heterocycles. The number of hydrogen-bond donors (Lipinski definition) is 4. The molecule has 9 heteroatoms. The summed E-state index contributed by atoms with van der Waals surface area (Å²) in [7, 11) is 1.56. The number of aromatic hydroxyl groups is 1. The second-order valence-electron chi connectivity index (χ2n) is 8.56. The summed E-state index contributed by atoms with van der Waals surface area (Å²) in [5, 5.41) is 23.4. The van der Waals surface area contributed by atoms with E-state index < -0.39 is 11.8 Å². The van der Waals surface area contributed by atoms with Crippen LogP contribution >= 0.6 is 0 Å². The number of nitrogens with one attached hydrogen (secondary N) is 3. The van der Waals surface area contributed by atoms with Gasteiger partial charge in [-0.15, -0.1) is 0 Å². The zero-order valence-corrected chi connectivity index (χ0v) is 20.4. The van der Waals surface area contributed by atoms with E-state index in [0.29, 0.717) is 33.7 Å². The third-order valence-electron chi connectivity index (χ3n) is 6.10. The van der Waals surface area contributed by atoms with Gasteiger partial charge in [-0.25, -0.2) is 0 Å². The highest BCUT2D eigenvalue weighted by molar-refractivity contribution is 6.16. The molecule has 0 spiro atoms. The van der Waals surface area contributed by atoms with Crippen LogP contribution in [-0.2, 0) is 0 Å². The van der Waals surface area contributed by atoms with Crippen molar-refractivity contribution in [1.82, 2.24) is 10.2 Å². The molecule has 0 radical (unpaired) electrons. The lowest BCUT2D eigenvalue weighted by atomic mass is 10.0. The topological polar surface area (TPSA) is 129 Å². The fraction of sp³-hybridized carbons (Fsp3) is 0.107. The van der Waals surface area contributed by atoms with Crippen LogP contribution in [-0.4, -0.2) is 34.2 Å². The van der Waals surface area contributed by atoms with Crippen LogP contribution in [0.3, 0.4) is 0 Å². The molecule has 186 valence electrons. The lowest BCUT2D eigenvalue weighted by molar-refractivity contribution is 0.0999. The number of aromatic amines is 1. The van der Waals surface area contributed by atoms with Crippen molar-refractivity contribution in [3.8, 4) is 22.8 Å². The van der Waals surface area contributed by atoms with Gasteiger partial charge in [-0.3, -0.25) is 14.7 Å². The number of carbonyl (C=O) groups excluding carboxylic acids is 2. The second kappa shape index (κ2) is 9.54. The third-order valence-corrected chi connectivity index (χ3v) is 6.10. The molecule has 0 aliphatic rings. The smallest absolute Gasteiger partial charge is 0.293 e. The van der Waals surface area contributed by atoms with Gasteiger partial charge >= 0.3 is 0 Å². The lowest BCUT2D eigenvalue weighted by Gasteiger charge is -2.07. The first-order valence-corrected chi connectivity index (χ1v) is 11.5. The van der Waals surface area contributed by atoms with Crippen molar-refractivity contribution in [2.24, 2.45) is 0 Å². The molecule has 2 amide bonds. The molecule has 0 atom stereocenters.